The highest BCUT2D eigenvalue weighted by molar-refractivity contribution is 5.77. The van der Waals surface area contributed by atoms with Gasteiger partial charge in [-0.1, -0.05) is 0 Å². The summed E-state index contributed by atoms with van der Waals surface area (Å²) in [7, 11) is 0. The molecule has 0 heterocycles. The summed E-state index contributed by atoms with van der Waals surface area (Å²) in [6.07, 6.45) is -4.61. The average Bonchev–Trinajstić information content (AvgIpc) is 2.23. The predicted molar refractivity (Wildman–Crippen MR) is 48.7 cm³/mol. The smallest absolute Gasteiger partial charge is 0.323 e. The molecule has 5 N–H and O–H groups in total. The van der Waals surface area contributed by atoms with Gasteiger partial charge in [0, 0.05) is 0 Å². The van der Waals surface area contributed by atoms with Gasteiger partial charge in [0.1, 0.15) is 18.2 Å². The summed E-state index contributed by atoms with van der Waals surface area (Å²) in [6, 6.07) is -0.939. The van der Waals surface area contributed by atoms with Gasteiger partial charge in [-0.25, -0.2) is 0 Å². The number of carbonyl (C=O) groups is 2. The van der Waals surface area contributed by atoms with Gasteiger partial charge in [0.05, 0.1) is 6.61 Å². The van der Waals surface area contributed by atoms with Gasteiger partial charge in [-0.15, -0.1) is 0 Å². The second kappa shape index (κ2) is 6.46. The van der Waals surface area contributed by atoms with Crippen LogP contribution < -0.4 is 5.73 Å². The van der Waals surface area contributed by atoms with Gasteiger partial charge in [-0.2, -0.15) is 0 Å². The molecule has 0 fully saturated rings. The monoisotopic (exact) mass is 221 g/mol. The summed E-state index contributed by atoms with van der Waals surface area (Å²) in [6.45, 7) is 0.598. The molecule has 0 aromatic rings. The Morgan fingerprint density at radius 3 is 2.40 bits per heavy atom. The minimum atomic E-state index is -1.67. The lowest BCUT2D eigenvalue weighted by molar-refractivity contribution is -0.164. The summed E-state index contributed by atoms with van der Waals surface area (Å²) in [5.41, 5.74) is 5.16. The zero-order valence-electron chi connectivity index (χ0n) is 8.24. The fourth-order valence-electron chi connectivity index (χ4n) is 0.746. The van der Waals surface area contributed by atoms with E-state index in [9.17, 15) is 14.7 Å². The van der Waals surface area contributed by atoms with E-state index in [0.717, 1.165) is 0 Å². The number of aldehydes is 1. The van der Waals surface area contributed by atoms with E-state index < -0.39 is 36.9 Å². The van der Waals surface area contributed by atoms with E-state index in [4.69, 9.17) is 15.9 Å². The first-order valence-corrected chi connectivity index (χ1v) is 4.32. The molecule has 15 heavy (non-hydrogen) atoms. The molecule has 7 nitrogen and oxygen atoms in total. The molecule has 0 bridgehead atoms. The molecule has 0 spiro atoms. The number of esters is 1. The molecule has 0 aliphatic heterocycles. The van der Waals surface area contributed by atoms with Crippen LogP contribution in [0, 0.1) is 0 Å². The molecule has 0 aromatic carbocycles. The lowest BCUT2D eigenvalue weighted by Gasteiger charge is -2.22. The van der Waals surface area contributed by atoms with Crippen LogP contribution in [0.5, 0.6) is 0 Å². The van der Waals surface area contributed by atoms with Gasteiger partial charge in [0.2, 0.25) is 0 Å². The van der Waals surface area contributed by atoms with Crippen molar-refractivity contribution in [2.24, 2.45) is 5.73 Å². The van der Waals surface area contributed by atoms with Crippen LogP contribution in [0.15, 0.2) is 0 Å². The highest BCUT2D eigenvalue weighted by atomic mass is 16.6. The van der Waals surface area contributed by atoms with Crippen molar-refractivity contribution in [2.75, 3.05) is 6.61 Å². The largest absolute Gasteiger partial charge is 0.451 e. The van der Waals surface area contributed by atoms with Crippen LogP contribution in [-0.4, -0.2) is 58.5 Å². The third kappa shape index (κ3) is 4.34. The van der Waals surface area contributed by atoms with Crippen LogP contribution in [-0.2, 0) is 14.3 Å². The van der Waals surface area contributed by atoms with Crippen molar-refractivity contribution in [2.45, 2.75) is 31.3 Å². The van der Waals surface area contributed by atoms with Crippen LogP contribution in [0.3, 0.4) is 0 Å². The van der Waals surface area contributed by atoms with Crippen molar-refractivity contribution in [3.63, 3.8) is 0 Å². The molecule has 0 aliphatic carbocycles. The topological polar surface area (TPSA) is 130 Å². The first-order chi connectivity index (χ1) is 6.93. The van der Waals surface area contributed by atoms with Crippen LogP contribution >= 0.6 is 0 Å². The van der Waals surface area contributed by atoms with Gasteiger partial charge in [-0.05, 0) is 6.92 Å². The van der Waals surface area contributed by atoms with E-state index in [1.807, 2.05) is 0 Å². The molecular formula is C8H15NO6. The normalized spacial score (nSPS) is 18.7. The molecule has 88 valence electrons. The first kappa shape index (κ1) is 14.0. The molecule has 0 saturated heterocycles. The van der Waals surface area contributed by atoms with Crippen LogP contribution in [0.25, 0.3) is 0 Å². The number of rotatable bonds is 6. The van der Waals surface area contributed by atoms with Crippen LogP contribution in [0.2, 0.25) is 0 Å². The SMILES string of the molecule is C[C@@H](N)C(=O)O[C@@H](C=O)[C@H](O)[C@H](O)CO. The van der Waals surface area contributed by atoms with E-state index in [-0.39, 0.29) is 6.29 Å². The maximum atomic E-state index is 11.0. The average molecular weight is 221 g/mol. The number of hydrogen-bond acceptors (Lipinski definition) is 7. The summed E-state index contributed by atoms with van der Waals surface area (Å²) < 4.78 is 4.49. The summed E-state index contributed by atoms with van der Waals surface area (Å²) in [5, 5.41) is 26.7. The van der Waals surface area contributed by atoms with E-state index in [0.29, 0.717) is 0 Å². The number of nitrogens with two attached hydrogens (primary N) is 1. The zero-order chi connectivity index (χ0) is 12.0. The minimum Gasteiger partial charge on any atom is -0.451 e. The zero-order valence-corrected chi connectivity index (χ0v) is 8.24. The van der Waals surface area contributed by atoms with Crippen molar-refractivity contribution >= 4 is 12.3 Å². The highest BCUT2D eigenvalue weighted by Crippen LogP contribution is 2.03. The Morgan fingerprint density at radius 2 is 2.07 bits per heavy atom. The van der Waals surface area contributed by atoms with E-state index in [1.165, 1.54) is 6.92 Å². The fourth-order valence-corrected chi connectivity index (χ4v) is 0.746. The Bertz CT molecular complexity index is 219. The standard InChI is InChI=1S/C8H15NO6/c1-4(9)8(14)15-6(3-11)7(13)5(12)2-10/h3-7,10,12-13H,2,9H2,1H3/t4-,5-,6+,7-/m1/s1. The molecule has 0 amide bonds. The Kier molecular flexibility index (Phi) is 6.02. The minimum absolute atomic E-state index is 0.157. The lowest BCUT2D eigenvalue weighted by atomic mass is 10.1. The summed E-state index contributed by atoms with van der Waals surface area (Å²) in [5.74, 6) is -0.878. The molecule has 0 unspecified atom stereocenters. The van der Waals surface area contributed by atoms with Gasteiger partial charge in [0.15, 0.2) is 12.4 Å². The van der Waals surface area contributed by atoms with Gasteiger partial charge in [0.25, 0.3) is 0 Å². The molecular weight excluding hydrogens is 206 g/mol. The Balaban J connectivity index is 4.36. The first-order valence-electron chi connectivity index (χ1n) is 4.32. The second-order valence-corrected chi connectivity index (χ2v) is 3.07. The molecule has 0 aliphatic rings. The lowest BCUT2D eigenvalue weighted by Crippen LogP contribution is -2.45. The Hall–Kier alpha value is -1.02. The van der Waals surface area contributed by atoms with Gasteiger partial charge < -0.3 is 25.8 Å². The maximum absolute atomic E-state index is 11.0. The third-order valence-electron chi connectivity index (χ3n) is 1.68. The third-order valence-corrected chi connectivity index (χ3v) is 1.68. The highest BCUT2D eigenvalue weighted by Gasteiger charge is 2.29. The molecule has 0 radical (unpaired) electrons. The number of aliphatic hydroxyl groups is 3. The number of hydrogen-bond donors (Lipinski definition) is 4. The Morgan fingerprint density at radius 1 is 1.53 bits per heavy atom. The van der Waals surface area contributed by atoms with Crippen LogP contribution in [0.4, 0.5) is 0 Å². The van der Waals surface area contributed by atoms with Crippen molar-refractivity contribution in [3.05, 3.63) is 0 Å². The number of carbonyl (C=O) groups excluding carboxylic acids is 2. The molecule has 7 heteroatoms. The maximum Gasteiger partial charge on any atom is 0.323 e. The van der Waals surface area contributed by atoms with Gasteiger partial charge >= 0.3 is 5.97 Å². The predicted octanol–water partition coefficient (Wildman–Crippen LogP) is -2.84. The van der Waals surface area contributed by atoms with E-state index in [2.05, 4.69) is 4.74 Å². The number of aliphatic hydroxyl groups excluding tert-OH is 3. The van der Waals surface area contributed by atoms with E-state index >= 15 is 0 Å². The summed E-state index contributed by atoms with van der Waals surface area (Å²) in [4.78, 5) is 21.4. The molecule has 0 aromatic heterocycles. The quantitative estimate of drug-likeness (QED) is 0.280. The van der Waals surface area contributed by atoms with Crippen molar-refractivity contribution in [1.82, 2.24) is 0 Å². The second-order valence-electron chi connectivity index (χ2n) is 3.07. The van der Waals surface area contributed by atoms with Crippen molar-refractivity contribution in [1.29, 1.82) is 0 Å². The summed E-state index contributed by atoms with van der Waals surface area (Å²) >= 11 is 0. The molecule has 0 rings (SSSR count). The fraction of sp³-hybridized carbons (Fsp3) is 0.750. The van der Waals surface area contributed by atoms with E-state index in [1.54, 1.807) is 0 Å². The Labute approximate surface area is 86.5 Å². The molecule has 0 saturated carbocycles. The van der Waals surface area contributed by atoms with Crippen LogP contribution in [0.1, 0.15) is 6.92 Å². The van der Waals surface area contributed by atoms with Crippen molar-refractivity contribution < 1.29 is 29.6 Å². The molecule has 4 atom stereocenters. The van der Waals surface area contributed by atoms with Gasteiger partial charge in [-0.3, -0.25) is 9.59 Å². The van der Waals surface area contributed by atoms with Crippen molar-refractivity contribution in [3.8, 4) is 0 Å². The number of ether oxygens (including phenoxy) is 1.